The van der Waals surface area contributed by atoms with Crippen molar-refractivity contribution in [3.05, 3.63) is 51.6 Å². The van der Waals surface area contributed by atoms with E-state index in [0.29, 0.717) is 23.1 Å². The lowest BCUT2D eigenvalue weighted by atomic mass is 10.2. The number of hydrogen-bond donors (Lipinski definition) is 0. The highest BCUT2D eigenvalue weighted by Gasteiger charge is 2.32. The molecule has 6 nitrogen and oxygen atoms in total. The number of nitrogens with zero attached hydrogens (tertiary/aromatic N) is 3. The van der Waals surface area contributed by atoms with Crippen molar-refractivity contribution in [2.45, 2.75) is 30.6 Å². The zero-order chi connectivity index (χ0) is 19.7. The van der Waals surface area contributed by atoms with Gasteiger partial charge in [-0.05, 0) is 42.0 Å². The number of fused-ring (bicyclic) bond motifs is 1. The molecule has 0 N–H and O–H groups in total. The minimum atomic E-state index is -0.0709. The van der Waals surface area contributed by atoms with E-state index < -0.39 is 0 Å². The van der Waals surface area contributed by atoms with Crippen LogP contribution in [0, 0.1) is 0 Å². The van der Waals surface area contributed by atoms with Crippen LogP contribution < -0.4 is 10.3 Å². The van der Waals surface area contributed by atoms with Gasteiger partial charge in [0.25, 0.3) is 5.56 Å². The molecule has 1 aliphatic carbocycles. The summed E-state index contributed by atoms with van der Waals surface area (Å²) in [6, 6.07) is 9.91. The summed E-state index contributed by atoms with van der Waals surface area (Å²) in [7, 11) is 3.34. The Kier molecular flexibility index (Phi) is 5.41. The molecular formula is C20H21N3O3S2. The summed E-state index contributed by atoms with van der Waals surface area (Å²) in [5.74, 6) is 1.15. The monoisotopic (exact) mass is 415 g/mol. The Morgan fingerprint density at radius 3 is 2.75 bits per heavy atom. The first kappa shape index (κ1) is 19.0. The number of ether oxygens (including phenoxy) is 1. The lowest BCUT2D eigenvalue weighted by molar-refractivity contribution is -0.129. The maximum absolute atomic E-state index is 12.9. The molecule has 1 saturated carbocycles. The summed E-state index contributed by atoms with van der Waals surface area (Å²) in [4.78, 5) is 32.5. The van der Waals surface area contributed by atoms with Gasteiger partial charge < -0.3 is 9.64 Å². The molecule has 0 bridgehead atoms. The molecule has 0 spiro atoms. The van der Waals surface area contributed by atoms with Gasteiger partial charge in [0.2, 0.25) is 5.91 Å². The second kappa shape index (κ2) is 7.97. The normalized spacial score (nSPS) is 13.6. The first-order valence-electron chi connectivity index (χ1n) is 9.06. The first-order chi connectivity index (χ1) is 13.6. The Hall–Kier alpha value is -2.32. The van der Waals surface area contributed by atoms with Crippen LogP contribution in [0.4, 0.5) is 0 Å². The molecule has 28 heavy (non-hydrogen) atoms. The molecule has 4 rings (SSSR count). The molecule has 0 saturated heterocycles. The zero-order valence-corrected chi connectivity index (χ0v) is 17.4. The molecule has 0 unspecified atom stereocenters. The minimum Gasteiger partial charge on any atom is -0.497 e. The average Bonchev–Trinajstić information content (AvgIpc) is 3.44. The van der Waals surface area contributed by atoms with Crippen LogP contribution in [0.15, 0.2) is 45.7 Å². The number of amides is 1. The number of carbonyl (C=O) groups is 1. The van der Waals surface area contributed by atoms with Crippen molar-refractivity contribution in [2.75, 3.05) is 12.9 Å². The SMILES string of the molecule is COc1ccc(CN(C(=O)CSc2nc3sccc3c(=O)n2C)C2CC2)cc1. The van der Waals surface area contributed by atoms with E-state index in [4.69, 9.17) is 4.74 Å². The van der Waals surface area contributed by atoms with Crippen LogP contribution in [-0.2, 0) is 18.4 Å². The Labute approximate surface area is 171 Å². The van der Waals surface area contributed by atoms with Crippen molar-refractivity contribution >= 4 is 39.2 Å². The van der Waals surface area contributed by atoms with Gasteiger partial charge in [-0.25, -0.2) is 4.98 Å². The van der Waals surface area contributed by atoms with Crippen LogP contribution in [0.25, 0.3) is 10.2 Å². The summed E-state index contributed by atoms with van der Waals surface area (Å²) in [5.41, 5.74) is 1.01. The van der Waals surface area contributed by atoms with Crippen LogP contribution in [-0.4, -0.2) is 39.3 Å². The molecule has 0 atom stereocenters. The molecule has 1 aliphatic rings. The number of hydrogen-bond acceptors (Lipinski definition) is 6. The quantitative estimate of drug-likeness (QED) is 0.438. The van der Waals surface area contributed by atoms with Crippen molar-refractivity contribution in [1.29, 1.82) is 0 Å². The molecular weight excluding hydrogens is 394 g/mol. The summed E-state index contributed by atoms with van der Waals surface area (Å²) in [6.07, 6.45) is 2.09. The minimum absolute atomic E-state index is 0.0709. The van der Waals surface area contributed by atoms with Crippen LogP contribution in [0.3, 0.4) is 0 Å². The molecule has 3 aromatic rings. The maximum atomic E-state index is 12.9. The highest BCUT2D eigenvalue weighted by Crippen LogP contribution is 2.30. The van der Waals surface area contributed by atoms with Gasteiger partial charge in [-0.2, -0.15) is 0 Å². The molecule has 2 aromatic heterocycles. The number of aromatic nitrogens is 2. The second-order valence-corrected chi connectivity index (χ2v) is 8.62. The summed E-state index contributed by atoms with van der Waals surface area (Å²) in [5, 5.41) is 3.07. The topological polar surface area (TPSA) is 64.4 Å². The molecule has 0 radical (unpaired) electrons. The third-order valence-corrected chi connectivity index (χ3v) is 6.63. The highest BCUT2D eigenvalue weighted by atomic mass is 32.2. The van der Waals surface area contributed by atoms with Gasteiger partial charge >= 0.3 is 0 Å². The Bertz CT molecular complexity index is 1050. The Morgan fingerprint density at radius 1 is 1.32 bits per heavy atom. The van der Waals surface area contributed by atoms with E-state index >= 15 is 0 Å². The number of thiophene rings is 1. The van der Waals surface area contributed by atoms with Gasteiger partial charge in [-0.3, -0.25) is 14.2 Å². The predicted molar refractivity (Wildman–Crippen MR) is 112 cm³/mol. The standard InChI is InChI=1S/C20H21N3O3S2/c1-22-19(25)16-9-10-27-18(16)21-20(22)28-12-17(24)23(14-5-6-14)11-13-3-7-15(26-2)8-4-13/h3-4,7-10,14H,5-6,11-12H2,1-2H3. The van der Waals surface area contributed by atoms with Crippen LogP contribution >= 0.6 is 23.1 Å². The molecule has 0 aliphatic heterocycles. The molecule has 2 heterocycles. The van der Waals surface area contributed by atoms with E-state index in [-0.39, 0.29) is 17.2 Å². The van der Waals surface area contributed by atoms with Crippen molar-refractivity contribution in [3.8, 4) is 5.75 Å². The third-order valence-electron chi connectivity index (χ3n) is 4.81. The van der Waals surface area contributed by atoms with Crippen LogP contribution in [0.5, 0.6) is 5.75 Å². The summed E-state index contributed by atoms with van der Waals surface area (Å²) in [6.45, 7) is 0.588. The molecule has 1 fully saturated rings. The van der Waals surface area contributed by atoms with E-state index in [1.807, 2.05) is 34.5 Å². The number of rotatable bonds is 7. The predicted octanol–water partition coefficient (Wildman–Crippen LogP) is 3.29. The highest BCUT2D eigenvalue weighted by molar-refractivity contribution is 7.99. The molecule has 146 valence electrons. The maximum Gasteiger partial charge on any atom is 0.262 e. The van der Waals surface area contributed by atoms with Gasteiger partial charge in [0.05, 0.1) is 18.2 Å². The van der Waals surface area contributed by atoms with E-state index in [1.54, 1.807) is 20.2 Å². The van der Waals surface area contributed by atoms with Crippen LogP contribution in [0.1, 0.15) is 18.4 Å². The van der Waals surface area contributed by atoms with E-state index in [1.165, 1.54) is 27.7 Å². The summed E-state index contributed by atoms with van der Waals surface area (Å²) >= 11 is 2.77. The number of thioether (sulfide) groups is 1. The van der Waals surface area contributed by atoms with E-state index in [2.05, 4.69) is 4.98 Å². The van der Waals surface area contributed by atoms with Crippen LogP contribution in [0.2, 0.25) is 0 Å². The van der Waals surface area contributed by atoms with Crippen molar-refractivity contribution in [1.82, 2.24) is 14.5 Å². The van der Waals surface area contributed by atoms with E-state index in [0.717, 1.165) is 29.0 Å². The fourth-order valence-electron chi connectivity index (χ4n) is 3.05. The lowest BCUT2D eigenvalue weighted by Gasteiger charge is -2.22. The average molecular weight is 416 g/mol. The third kappa shape index (κ3) is 3.93. The van der Waals surface area contributed by atoms with E-state index in [9.17, 15) is 9.59 Å². The number of methoxy groups -OCH3 is 1. The zero-order valence-electron chi connectivity index (χ0n) is 15.8. The summed E-state index contributed by atoms with van der Waals surface area (Å²) < 4.78 is 6.72. The van der Waals surface area contributed by atoms with Gasteiger partial charge in [-0.15, -0.1) is 11.3 Å². The number of benzene rings is 1. The van der Waals surface area contributed by atoms with Crippen molar-refractivity contribution in [2.24, 2.45) is 7.05 Å². The molecule has 1 aromatic carbocycles. The fourth-order valence-corrected chi connectivity index (χ4v) is 4.72. The van der Waals surface area contributed by atoms with Gasteiger partial charge in [0, 0.05) is 19.6 Å². The van der Waals surface area contributed by atoms with Crippen molar-refractivity contribution in [3.63, 3.8) is 0 Å². The van der Waals surface area contributed by atoms with Gasteiger partial charge in [0.1, 0.15) is 10.6 Å². The molecule has 8 heteroatoms. The Balaban J connectivity index is 1.46. The number of carbonyl (C=O) groups excluding carboxylic acids is 1. The van der Waals surface area contributed by atoms with Gasteiger partial charge in [0.15, 0.2) is 5.16 Å². The Morgan fingerprint density at radius 2 is 2.07 bits per heavy atom. The smallest absolute Gasteiger partial charge is 0.262 e. The largest absolute Gasteiger partial charge is 0.497 e. The van der Waals surface area contributed by atoms with Gasteiger partial charge in [-0.1, -0.05) is 23.9 Å². The first-order valence-corrected chi connectivity index (χ1v) is 10.9. The van der Waals surface area contributed by atoms with Crippen molar-refractivity contribution < 1.29 is 9.53 Å². The second-order valence-electron chi connectivity index (χ2n) is 6.79. The lowest BCUT2D eigenvalue weighted by Crippen LogP contribution is -2.34. The molecule has 1 amide bonds. The fraction of sp³-hybridized carbons (Fsp3) is 0.350.